The van der Waals surface area contributed by atoms with Crippen molar-refractivity contribution in [1.29, 1.82) is 0 Å². The van der Waals surface area contributed by atoms with Gasteiger partial charge in [0.2, 0.25) is 0 Å². The summed E-state index contributed by atoms with van der Waals surface area (Å²) < 4.78 is 7.58. The lowest BCUT2D eigenvalue weighted by atomic mass is 10.1. The predicted molar refractivity (Wildman–Crippen MR) is 104 cm³/mol. The zero-order valence-corrected chi connectivity index (χ0v) is 15.9. The van der Waals surface area contributed by atoms with Gasteiger partial charge in [0.15, 0.2) is 16.8 Å². The summed E-state index contributed by atoms with van der Waals surface area (Å²) in [6.07, 6.45) is 5.31. The van der Waals surface area contributed by atoms with Gasteiger partial charge in [0.25, 0.3) is 0 Å². The lowest BCUT2D eigenvalue weighted by Crippen LogP contribution is -2.06. The highest BCUT2D eigenvalue weighted by molar-refractivity contribution is 7.99. The number of fused-ring (bicyclic) bond motifs is 1. The van der Waals surface area contributed by atoms with Crippen LogP contribution in [0, 0.1) is 0 Å². The molecule has 4 rings (SSSR count). The smallest absolute Gasteiger partial charge is 0.191 e. The molecular weight excluding hydrogens is 360 g/mol. The summed E-state index contributed by atoms with van der Waals surface area (Å²) in [4.78, 5) is 16.7. The molecular formula is C20H20N4O2S. The Hall–Kier alpha value is -2.67. The maximum absolute atomic E-state index is 12.6. The highest BCUT2D eigenvalue weighted by atomic mass is 32.2. The van der Waals surface area contributed by atoms with E-state index in [0.29, 0.717) is 12.4 Å². The van der Waals surface area contributed by atoms with Crippen molar-refractivity contribution in [2.24, 2.45) is 0 Å². The lowest BCUT2D eigenvalue weighted by molar-refractivity contribution is 0.102. The number of hydrogen-bond donors (Lipinski definition) is 0. The summed E-state index contributed by atoms with van der Waals surface area (Å²) in [6.45, 7) is 3.61. The first-order valence-corrected chi connectivity index (χ1v) is 10.00. The van der Waals surface area contributed by atoms with E-state index < -0.39 is 0 Å². The molecule has 1 aliphatic rings. The molecule has 0 atom stereocenters. The van der Waals surface area contributed by atoms with Crippen molar-refractivity contribution >= 4 is 17.5 Å². The van der Waals surface area contributed by atoms with E-state index in [1.807, 2.05) is 30.3 Å². The van der Waals surface area contributed by atoms with Gasteiger partial charge in [-0.25, -0.2) is 0 Å². The fourth-order valence-corrected chi connectivity index (χ4v) is 3.97. The average molecular weight is 380 g/mol. The SMILES string of the molecule is CCCn1c(SCC(=O)c2ccc3c(c2)CCO3)nnc1-c1ccncc1. The number of hydrogen-bond acceptors (Lipinski definition) is 6. The van der Waals surface area contributed by atoms with Gasteiger partial charge in [0, 0.05) is 36.5 Å². The number of Topliss-reactive ketones (excluding diaryl/α,β-unsaturated/α-hetero) is 1. The van der Waals surface area contributed by atoms with Gasteiger partial charge in [-0.15, -0.1) is 10.2 Å². The Bertz CT molecular complexity index is 956. The van der Waals surface area contributed by atoms with Gasteiger partial charge in [-0.1, -0.05) is 18.7 Å². The molecule has 0 aliphatic carbocycles. The number of pyridine rings is 1. The summed E-state index contributed by atoms with van der Waals surface area (Å²) in [5.41, 5.74) is 2.81. The Morgan fingerprint density at radius 3 is 2.89 bits per heavy atom. The first kappa shape index (κ1) is 17.7. The molecule has 27 heavy (non-hydrogen) atoms. The molecule has 2 aromatic heterocycles. The molecule has 0 bridgehead atoms. The third-order valence-corrected chi connectivity index (χ3v) is 5.41. The summed E-state index contributed by atoms with van der Waals surface area (Å²) in [7, 11) is 0. The Morgan fingerprint density at radius 2 is 2.07 bits per heavy atom. The topological polar surface area (TPSA) is 69.9 Å². The van der Waals surface area contributed by atoms with Crippen LogP contribution in [-0.4, -0.2) is 37.9 Å². The summed E-state index contributed by atoms with van der Waals surface area (Å²) >= 11 is 1.43. The fraction of sp³-hybridized carbons (Fsp3) is 0.300. The average Bonchev–Trinajstić information content (AvgIpc) is 3.33. The maximum atomic E-state index is 12.6. The third kappa shape index (κ3) is 3.73. The highest BCUT2D eigenvalue weighted by Gasteiger charge is 2.18. The normalized spacial score (nSPS) is 12.6. The van der Waals surface area contributed by atoms with Crippen LogP contribution in [0.1, 0.15) is 29.3 Å². The largest absolute Gasteiger partial charge is 0.493 e. The second kappa shape index (κ2) is 7.92. The summed E-state index contributed by atoms with van der Waals surface area (Å²) in [5.74, 6) is 2.12. The first-order chi connectivity index (χ1) is 13.3. The quantitative estimate of drug-likeness (QED) is 0.460. The molecule has 0 unspecified atom stereocenters. The number of ether oxygens (including phenoxy) is 1. The Morgan fingerprint density at radius 1 is 1.22 bits per heavy atom. The van der Waals surface area contributed by atoms with Gasteiger partial charge in [-0.05, 0) is 42.3 Å². The number of carbonyl (C=O) groups excluding carboxylic acids is 1. The van der Waals surface area contributed by atoms with Crippen molar-refractivity contribution in [3.05, 3.63) is 53.9 Å². The molecule has 3 heterocycles. The van der Waals surface area contributed by atoms with E-state index in [-0.39, 0.29) is 5.78 Å². The third-order valence-electron chi connectivity index (χ3n) is 4.45. The number of rotatable bonds is 7. The van der Waals surface area contributed by atoms with Crippen LogP contribution in [0.25, 0.3) is 11.4 Å². The van der Waals surface area contributed by atoms with Crippen molar-refractivity contribution in [2.45, 2.75) is 31.5 Å². The molecule has 0 saturated heterocycles. The van der Waals surface area contributed by atoms with Crippen molar-refractivity contribution in [3.63, 3.8) is 0 Å². The van der Waals surface area contributed by atoms with Crippen LogP contribution in [0.2, 0.25) is 0 Å². The number of aromatic nitrogens is 4. The monoisotopic (exact) mass is 380 g/mol. The van der Waals surface area contributed by atoms with Gasteiger partial charge in [0.1, 0.15) is 5.75 Å². The molecule has 0 radical (unpaired) electrons. The van der Waals surface area contributed by atoms with E-state index in [2.05, 4.69) is 26.7 Å². The van der Waals surface area contributed by atoms with Crippen LogP contribution in [0.5, 0.6) is 5.75 Å². The minimum Gasteiger partial charge on any atom is -0.493 e. The number of nitrogens with zero attached hydrogens (tertiary/aromatic N) is 4. The van der Waals surface area contributed by atoms with Crippen LogP contribution in [0.15, 0.2) is 47.9 Å². The Labute approximate surface area is 162 Å². The van der Waals surface area contributed by atoms with Crippen molar-refractivity contribution < 1.29 is 9.53 Å². The zero-order chi connectivity index (χ0) is 18.6. The Balaban J connectivity index is 1.51. The molecule has 7 heteroatoms. The van der Waals surface area contributed by atoms with E-state index in [1.54, 1.807) is 12.4 Å². The second-order valence-electron chi connectivity index (χ2n) is 6.33. The first-order valence-electron chi connectivity index (χ1n) is 9.01. The van der Waals surface area contributed by atoms with Crippen LogP contribution >= 0.6 is 11.8 Å². The van der Waals surface area contributed by atoms with Crippen molar-refractivity contribution in [1.82, 2.24) is 19.7 Å². The minimum atomic E-state index is 0.0891. The van der Waals surface area contributed by atoms with E-state index in [1.165, 1.54) is 11.8 Å². The van der Waals surface area contributed by atoms with Gasteiger partial charge in [-0.2, -0.15) is 0 Å². The van der Waals surface area contributed by atoms with Gasteiger partial charge in [0.05, 0.1) is 12.4 Å². The fourth-order valence-electron chi connectivity index (χ4n) is 3.11. The molecule has 0 spiro atoms. The van der Waals surface area contributed by atoms with Crippen LogP contribution < -0.4 is 4.74 Å². The van der Waals surface area contributed by atoms with E-state index in [4.69, 9.17) is 4.74 Å². The van der Waals surface area contributed by atoms with Gasteiger partial charge < -0.3 is 9.30 Å². The molecule has 0 amide bonds. The maximum Gasteiger partial charge on any atom is 0.191 e. The molecule has 0 N–H and O–H groups in total. The molecule has 138 valence electrons. The summed E-state index contributed by atoms with van der Waals surface area (Å²) in [5, 5.41) is 9.42. The van der Waals surface area contributed by atoms with E-state index in [0.717, 1.165) is 52.8 Å². The van der Waals surface area contributed by atoms with Crippen LogP contribution in [0.4, 0.5) is 0 Å². The number of ketones is 1. The molecule has 0 saturated carbocycles. The zero-order valence-electron chi connectivity index (χ0n) is 15.1. The lowest BCUT2D eigenvalue weighted by Gasteiger charge is -2.09. The molecule has 1 aliphatic heterocycles. The molecule has 0 fully saturated rings. The van der Waals surface area contributed by atoms with Gasteiger partial charge in [-0.3, -0.25) is 9.78 Å². The molecule has 1 aromatic carbocycles. The van der Waals surface area contributed by atoms with Crippen LogP contribution in [0.3, 0.4) is 0 Å². The molecule has 6 nitrogen and oxygen atoms in total. The Kier molecular flexibility index (Phi) is 5.20. The van der Waals surface area contributed by atoms with Crippen molar-refractivity contribution in [3.8, 4) is 17.1 Å². The number of thioether (sulfide) groups is 1. The standard InChI is InChI=1S/C20H20N4O2S/c1-2-10-24-19(14-5-8-21-9-6-14)22-23-20(24)27-13-17(25)15-3-4-18-16(12-15)7-11-26-18/h3-6,8-9,12H,2,7,10-11,13H2,1H3. The number of benzene rings is 1. The second-order valence-corrected chi connectivity index (χ2v) is 7.27. The van der Waals surface area contributed by atoms with Gasteiger partial charge >= 0.3 is 0 Å². The van der Waals surface area contributed by atoms with Crippen molar-refractivity contribution in [2.75, 3.05) is 12.4 Å². The van der Waals surface area contributed by atoms with E-state index in [9.17, 15) is 4.79 Å². The molecule has 3 aromatic rings. The summed E-state index contributed by atoms with van der Waals surface area (Å²) in [6, 6.07) is 9.52. The highest BCUT2D eigenvalue weighted by Crippen LogP contribution is 2.28. The number of carbonyl (C=O) groups is 1. The van der Waals surface area contributed by atoms with E-state index >= 15 is 0 Å². The predicted octanol–water partition coefficient (Wildman–Crippen LogP) is 3.66. The minimum absolute atomic E-state index is 0.0891. The van der Waals surface area contributed by atoms with Crippen LogP contribution in [-0.2, 0) is 13.0 Å².